The van der Waals surface area contributed by atoms with Gasteiger partial charge in [0.25, 0.3) is 11.7 Å². The van der Waals surface area contributed by atoms with Crippen molar-refractivity contribution in [2.45, 2.75) is 13.0 Å². The number of hydrogen-bond acceptors (Lipinski definition) is 4. The first kappa shape index (κ1) is 21.8. The number of aromatic nitrogens is 1. The van der Waals surface area contributed by atoms with Gasteiger partial charge in [-0.15, -0.1) is 0 Å². The Bertz CT molecular complexity index is 1490. The number of hydrogen-bond donors (Lipinski definition) is 2. The maximum atomic E-state index is 13.4. The zero-order chi connectivity index (χ0) is 24.0. The van der Waals surface area contributed by atoms with Crippen LogP contribution in [0, 0.1) is 6.92 Å². The van der Waals surface area contributed by atoms with Crippen molar-refractivity contribution in [3.05, 3.63) is 100 Å². The minimum atomic E-state index is -0.860. The SMILES string of the molecule is COc1cccc(/C(O)=C2\C(=O)C(=O)N(c3ccc(C)c(Cl)c3)C2c2c[nH]c3ccccc23)c1. The Balaban J connectivity index is 1.78. The van der Waals surface area contributed by atoms with E-state index < -0.39 is 17.7 Å². The van der Waals surface area contributed by atoms with Crippen molar-refractivity contribution in [3.63, 3.8) is 0 Å². The molecule has 1 saturated heterocycles. The van der Waals surface area contributed by atoms with E-state index in [1.807, 2.05) is 31.2 Å². The molecule has 1 fully saturated rings. The van der Waals surface area contributed by atoms with Gasteiger partial charge in [0.2, 0.25) is 0 Å². The van der Waals surface area contributed by atoms with Crippen molar-refractivity contribution < 1.29 is 19.4 Å². The van der Waals surface area contributed by atoms with E-state index in [0.717, 1.165) is 16.5 Å². The molecule has 170 valence electrons. The Hall–Kier alpha value is -4.03. The third kappa shape index (κ3) is 3.43. The number of methoxy groups -OCH3 is 1. The molecule has 0 aliphatic carbocycles. The van der Waals surface area contributed by atoms with Gasteiger partial charge in [0, 0.05) is 38.9 Å². The normalized spacial score (nSPS) is 17.5. The largest absolute Gasteiger partial charge is 0.507 e. The molecular weight excluding hydrogens is 452 g/mol. The van der Waals surface area contributed by atoms with Gasteiger partial charge in [-0.25, -0.2) is 0 Å². The van der Waals surface area contributed by atoms with E-state index in [-0.39, 0.29) is 11.3 Å². The van der Waals surface area contributed by atoms with Crippen LogP contribution in [0.5, 0.6) is 5.75 Å². The average Bonchev–Trinajstić information content (AvgIpc) is 3.39. The number of anilines is 1. The van der Waals surface area contributed by atoms with E-state index >= 15 is 0 Å². The summed E-state index contributed by atoms with van der Waals surface area (Å²) in [7, 11) is 1.52. The van der Waals surface area contributed by atoms with E-state index in [2.05, 4.69) is 4.98 Å². The third-order valence-electron chi connectivity index (χ3n) is 6.14. The predicted molar refractivity (Wildman–Crippen MR) is 132 cm³/mol. The molecule has 34 heavy (non-hydrogen) atoms. The van der Waals surface area contributed by atoms with E-state index in [9.17, 15) is 14.7 Å². The van der Waals surface area contributed by atoms with Gasteiger partial charge in [0.15, 0.2) is 0 Å². The summed E-state index contributed by atoms with van der Waals surface area (Å²) in [6, 6.07) is 18.7. The molecule has 1 unspecified atom stereocenters. The molecule has 1 aromatic heterocycles. The van der Waals surface area contributed by atoms with Gasteiger partial charge in [-0.3, -0.25) is 14.5 Å². The molecule has 1 atom stereocenters. The van der Waals surface area contributed by atoms with Crippen molar-refractivity contribution in [3.8, 4) is 5.75 Å². The molecule has 1 aliphatic rings. The molecule has 7 heteroatoms. The average molecular weight is 473 g/mol. The summed E-state index contributed by atoms with van der Waals surface area (Å²) in [5.41, 5.74) is 3.24. The summed E-state index contributed by atoms with van der Waals surface area (Å²) in [5, 5.41) is 12.6. The van der Waals surface area contributed by atoms with Crippen LogP contribution in [0.4, 0.5) is 5.69 Å². The van der Waals surface area contributed by atoms with E-state index in [0.29, 0.717) is 27.6 Å². The summed E-state index contributed by atoms with van der Waals surface area (Å²) in [6.45, 7) is 1.86. The van der Waals surface area contributed by atoms with E-state index in [4.69, 9.17) is 16.3 Å². The molecule has 4 aromatic rings. The molecule has 6 nitrogen and oxygen atoms in total. The number of nitrogens with one attached hydrogen (secondary N) is 1. The van der Waals surface area contributed by atoms with Crippen LogP contribution in [0.1, 0.15) is 22.7 Å². The number of ether oxygens (including phenoxy) is 1. The Morgan fingerprint density at radius 3 is 2.62 bits per heavy atom. The van der Waals surface area contributed by atoms with Gasteiger partial charge in [-0.1, -0.05) is 48.0 Å². The second kappa shape index (κ2) is 8.39. The number of aromatic amines is 1. The Labute approximate surface area is 201 Å². The first-order valence-electron chi connectivity index (χ1n) is 10.7. The second-order valence-corrected chi connectivity index (χ2v) is 8.53. The zero-order valence-corrected chi connectivity index (χ0v) is 19.3. The zero-order valence-electron chi connectivity index (χ0n) is 18.5. The maximum Gasteiger partial charge on any atom is 0.300 e. The lowest BCUT2D eigenvalue weighted by molar-refractivity contribution is -0.132. The minimum Gasteiger partial charge on any atom is -0.507 e. The van der Waals surface area contributed by atoms with Crippen LogP contribution in [0.15, 0.2) is 78.5 Å². The van der Waals surface area contributed by atoms with Gasteiger partial charge < -0.3 is 14.8 Å². The lowest BCUT2D eigenvalue weighted by atomic mass is 9.94. The van der Waals surface area contributed by atoms with Crippen molar-refractivity contribution in [1.82, 2.24) is 4.98 Å². The summed E-state index contributed by atoms with van der Waals surface area (Å²) in [6.07, 6.45) is 1.77. The highest BCUT2D eigenvalue weighted by molar-refractivity contribution is 6.52. The van der Waals surface area contributed by atoms with E-state index in [1.165, 1.54) is 12.0 Å². The quantitative estimate of drug-likeness (QED) is 0.224. The molecule has 0 radical (unpaired) electrons. The van der Waals surface area contributed by atoms with Crippen LogP contribution in [-0.2, 0) is 9.59 Å². The second-order valence-electron chi connectivity index (χ2n) is 8.12. The summed E-state index contributed by atoms with van der Waals surface area (Å²) in [4.78, 5) is 31.3. The standard InChI is InChI=1S/C27H21ClN2O4/c1-15-10-11-17(13-21(15)28)30-24(20-14-29-22-9-4-3-8-19(20)22)23(26(32)27(30)33)25(31)16-6-5-7-18(12-16)34-2/h3-14,24,29,31H,1-2H3/b25-23+. The van der Waals surface area contributed by atoms with Crippen molar-refractivity contribution in [2.24, 2.45) is 0 Å². The summed E-state index contributed by atoms with van der Waals surface area (Å²) >= 11 is 6.37. The molecular formula is C27H21ClN2O4. The third-order valence-corrected chi connectivity index (χ3v) is 6.54. The molecule has 2 heterocycles. The highest BCUT2D eigenvalue weighted by atomic mass is 35.5. The van der Waals surface area contributed by atoms with Gasteiger partial charge in [0.1, 0.15) is 11.5 Å². The van der Waals surface area contributed by atoms with Gasteiger partial charge in [-0.05, 0) is 42.8 Å². The first-order valence-corrected chi connectivity index (χ1v) is 11.1. The number of nitrogens with zero attached hydrogens (tertiary/aromatic N) is 1. The smallest absolute Gasteiger partial charge is 0.300 e. The summed E-state index contributed by atoms with van der Waals surface area (Å²) < 4.78 is 5.27. The number of Topliss-reactive ketones (excluding diaryl/α,β-unsaturated/α-hetero) is 1. The Morgan fingerprint density at radius 1 is 1.06 bits per heavy atom. The molecule has 1 aliphatic heterocycles. The first-order chi connectivity index (χ1) is 16.4. The number of halogens is 1. The number of aryl methyl sites for hydroxylation is 1. The topological polar surface area (TPSA) is 82.6 Å². The fourth-order valence-corrected chi connectivity index (χ4v) is 4.55. The van der Waals surface area contributed by atoms with Crippen LogP contribution in [-0.4, -0.2) is 28.9 Å². The number of para-hydroxylation sites is 1. The number of amides is 1. The number of carbonyl (C=O) groups excluding carboxylic acids is 2. The van der Waals surface area contributed by atoms with Gasteiger partial charge >= 0.3 is 0 Å². The molecule has 2 N–H and O–H groups in total. The predicted octanol–water partition coefficient (Wildman–Crippen LogP) is 5.76. The van der Waals surface area contributed by atoms with Gasteiger partial charge in [-0.2, -0.15) is 0 Å². The Kier molecular flexibility index (Phi) is 5.38. The van der Waals surface area contributed by atoms with Crippen LogP contribution in [0.2, 0.25) is 5.02 Å². The number of aliphatic hydroxyl groups is 1. The lowest BCUT2D eigenvalue weighted by Crippen LogP contribution is -2.29. The fraction of sp³-hybridized carbons (Fsp3) is 0.111. The van der Waals surface area contributed by atoms with Crippen LogP contribution < -0.4 is 9.64 Å². The molecule has 3 aromatic carbocycles. The molecule has 0 spiro atoms. The summed E-state index contributed by atoms with van der Waals surface area (Å²) in [5.74, 6) is -1.26. The molecule has 0 bridgehead atoms. The minimum absolute atomic E-state index is 0.000274. The maximum absolute atomic E-state index is 13.4. The number of rotatable bonds is 4. The number of aliphatic hydroxyl groups excluding tert-OH is 1. The monoisotopic (exact) mass is 472 g/mol. The fourth-order valence-electron chi connectivity index (χ4n) is 4.37. The number of fused-ring (bicyclic) bond motifs is 1. The van der Waals surface area contributed by atoms with E-state index in [1.54, 1.807) is 48.7 Å². The highest BCUT2D eigenvalue weighted by Crippen LogP contribution is 2.45. The van der Waals surface area contributed by atoms with Gasteiger partial charge in [0.05, 0.1) is 18.7 Å². The van der Waals surface area contributed by atoms with Crippen LogP contribution in [0.3, 0.4) is 0 Å². The number of carbonyl (C=O) groups is 2. The van der Waals surface area contributed by atoms with Crippen molar-refractivity contribution >= 4 is 45.6 Å². The molecule has 0 saturated carbocycles. The number of ketones is 1. The highest BCUT2D eigenvalue weighted by Gasteiger charge is 2.47. The lowest BCUT2D eigenvalue weighted by Gasteiger charge is -2.25. The van der Waals surface area contributed by atoms with Crippen LogP contribution >= 0.6 is 11.6 Å². The number of benzene rings is 3. The molecule has 5 rings (SSSR count). The number of H-pyrrole nitrogens is 1. The van der Waals surface area contributed by atoms with Crippen molar-refractivity contribution in [2.75, 3.05) is 12.0 Å². The van der Waals surface area contributed by atoms with Crippen LogP contribution in [0.25, 0.3) is 16.7 Å². The molecule has 1 amide bonds. The Morgan fingerprint density at radius 2 is 1.85 bits per heavy atom. The van der Waals surface area contributed by atoms with Crippen molar-refractivity contribution in [1.29, 1.82) is 0 Å².